The Balaban J connectivity index is 0.000000453. The van der Waals surface area contributed by atoms with Crippen molar-refractivity contribution >= 4 is 34.5 Å². The fourth-order valence-corrected chi connectivity index (χ4v) is 9.47. The van der Waals surface area contributed by atoms with Gasteiger partial charge in [-0.15, -0.1) is 0 Å². The van der Waals surface area contributed by atoms with Crippen molar-refractivity contribution in [3.8, 4) is 0 Å². The molecular weight excluding hydrogens is 527 g/mol. The Morgan fingerprint density at radius 3 is 1.67 bits per heavy atom. The first-order valence-corrected chi connectivity index (χ1v) is 14.6. The number of hydrogen-bond acceptors (Lipinski definition) is 0. The van der Waals surface area contributed by atoms with Crippen LogP contribution in [0.25, 0.3) is 0 Å². The SMILES string of the molecule is C1CCCC1.C[C@H](c1ccccc1Br)C1CCCC1P(c1ccccc1)c1ccccc1.[Fe]. The third-order valence-corrected chi connectivity index (χ3v) is 11.0. The predicted molar refractivity (Wildman–Crippen MR) is 146 cm³/mol. The summed E-state index contributed by atoms with van der Waals surface area (Å²) in [6.45, 7) is 2.44. The number of benzene rings is 3. The zero-order chi connectivity index (χ0) is 22.2. The van der Waals surface area contributed by atoms with Crippen LogP contribution in [0, 0.1) is 5.92 Å². The van der Waals surface area contributed by atoms with E-state index in [4.69, 9.17) is 0 Å². The molecule has 33 heavy (non-hydrogen) atoms. The second kappa shape index (κ2) is 13.8. The van der Waals surface area contributed by atoms with Crippen molar-refractivity contribution in [1.82, 2.24) is 0 Å². The van der Waals surface area contributed by atoms with Crippen LogP contribution >= 0.6 is 23.9 Å². The maximum Gasteiger partial charge on any atom is 0.0210 e. The molecular formula is C30H36BrFeP. The standard InChI is InChI=1S/C25H26BrP.C5H10.Fe/c1-19(22-15-8-9-17-24(22)26)23-16-10-18-25(23)27(20-11-4-2-5-12-20)21-13-6-3-7-14-21;1-2-4-5-3-1;/h2-9,11-15,17,19,23,25H,10,16,18H2,1H3;1-5H2;/t19-,23?,25?;;/m1../s1. The van der Waals surface area contributed by atoms with Gasteiger partial charge < -0.3 is 0 Å². The molecule has 2 fully saturated rings. The summed E-state index contributed by atoms with van der Waals surface area (Å²) in [4.78, 5) is 0. The molecule has 3 aromatic rings. The summed E-state index contributed by atoms with van der Waals surface area (Å²) in [5.41, 5.74) is 2.21. The molecule has 0 bridgehead atoms. The van der Waals surface area contributed by atoms with Crippen molar-refractivity contribution in [2.24, 2.45) is 5.92 Å². The molecule has 3 heteroatoms. The van der Waals surface area contributed by atoms with Gasteiger partial charge in [-0.3, -0.25) is 0 Å². The van der Waals surface area contributed by atoms with Crippen molar-refractivity contribution in [1.29, 1.82) is 0 Å². The van der Waals surface area contributed by atoms with Gasteiger partial charge in [-0.2, -0.15) is 0 Å². The van der Waals surface area contributed by atoms with Crippen molar-refractivity contribution in [3.05, 3.63) is 95.0 Å². The fraction of sp³-hybridized carbons (Fsp3) is 0.400. The molecule has 2 unspecified atom stereocenters. The Hall–Kier alpha value is -0.911. The maximum absolute atomic E-state index is 3.80. The van der Waals surface area contributed by atoms with E-state index in [2.05, 4.69) is 108 Å². The first kappa shape index (κ1) is 26.7. The quantitative estimate of drug-likeness (QED) is 0.215. The largest absolute Gasteiger partial charge is 0.0622 e. The topological polar surface area (TPSA) is 0 Å². The van der Waals surface area contributed by atoms with Gasteiger partial charge in [-0.25, -0.2) is 0 Å². The molecule has 0 saturated heterocycles. The van der Waals surface area contributed by atoms with Gasteiger partial charge in [0.05, 0.1) is 0 Å². The minimum absolute atomic E-state index is 0. The van der Waals surface area contributed by atoms with E-state index >= 15 is 0 Å². The van der Waals surface area contributed by atoms with Crippen molar-refractivity contribution in [3.63, 3.8) is 0 Å². The zero-order valence-corrected chi connectivity index (χ0v) is 23.2. The van der Waals surface area contributed by atoms with Crippen molar-refractivity contribution in [2.75, 3.05) is 0 Å². The summed E-state index contributed by atoms with van der Waals surface area (Å²) in [5.74, 6) is 1.31. The first-order valence-electron chi connectivity index (χ1n) is 12.4. The van der Waals surface area contributed by atoms with Crippen molar-refractivity contribution < 1.29 is 17.1 Å². The van der Waals surface area contributed by atoms with E-state index in [0.717, 1.165) is 11.6 Å². The maximum atomic E-state index is 3.80. The minimum atomic E-state index is -0.339. The molecule has 176 valence electrons. The van der Waals surface area contributed by atoms with Crippen LogP contribution in [0.2, 0.25) is 0 Å². The third-order valence-electron chi connectivity index (χ3n) is 7.22. The van der Waals surface area contributed by atoms with Gasteiger partial charge in [0.25, 0.3) is 0 Å². The molecule has 5 rings (SSSR count). The van der Waals surface area contributed by atoms with E-state index < -0.39 is 0 Å². The van der Waals surface area contributed by atoms with Gasteiger partial charge in [0, 0.05) is 21.5 Å². The summed E-state index contributed by atoms with van der Waals surface area (Å²) in [6.07, 6.45) is 11.5. The van der Waals surface area contributed by atoms with E-state index in [9.17, 15) is 0 Å². The summed E-state index contributed by atoms with van der Waals surface area (Å²) >= 11 is 3.80. The molecule has 2 aliphatic rings. The second-order valence-electron chi connectivity index (χ2n) is 9.28. The molecule has 0 aromatic heterocycles. The van der Waals surface area contributed by atoms with Gasteiger partial charge in [0.2, 0.25) is 0 Å². The Kier molecular flexibility index (Phi) is 11.2. The smallest absolute Gasteiger partial charge is 0.0210 e. The molecule has 3 atom stereocenters. The van der Waals surface area contributed by atoms with E-state index in [1.165, 1.54) is 72.0 Å². The van der Waals surface area contributed by atoms with Crippen LogP contribution in [-0.4, -0.2) is 5.66 Å². The fourth-order valence-electron chi connectivity index (χ4n) is 5.54. The Labute approximate surface area is 221 Å². The summed E-state index contributed by atoms with van der Waals surface area (Å²) in [6, 6.07) is 31.3. The van der Waals surface area contributed by atoms with Crippen LogP contribution in [0.1, 0.15) is 69.8 Å². The molecule has 3 aromatic carbocycles. The van der Waals surface area contributed by atoms with Gasteiger partial charge in [0.15, 0.2) is 0 Å². The molecule has 0 nitrogen and oxygen atoms in total. The minimum Gasteiger partial charge on any atom is -0.0622 e. The summed E-state index contributed by atoms with van der Waals surface area (Å²) in [5, 5.41) is 3.05. The molecule has 0 radical (unpaired) electrons. The average molecular weight is 563 g/mol. The summed E-state index contributed by atoms with van der Waals surface area (Å²) in [7, 11) is -0.339. The molecule has 0 heterocycles. The first-order chi connectivity index (χ1) is 15.8. The van der Waals surface area contributed by atoms with Gasteiger partial charge in [0.1, 0.15) is 0 Å². The van der Waals surface area contributed by atoms with Crippen LogP contribution in [0.3, 0.4) is 0 Å². The van der Waals surface area contributed by atoms with Gasteiger partial charge >= 0.3 is 0 Å². The second-order valence-corrected chi connectivity index (χ2v) is 12.6. The van der Waals surface area contributed by atoms with Crippen LogP contribution < -0.4 is 10.6 Å². The molecule has 0 spiro atoms. The van der Waals surface area contributed by atoms with E-state index in [1.807, 2.05) is 0 Å². The molecule has 2 aliphatic carbocycles. The molecule has 0 amide bonds. The predicted octanol–water partition coefficient (Wildman–Crippen LogP) is 8.80. The van der Waals surface area contributed by atoms with Crippen LogP contribution in [0.15, 0.2) is 89.4 Å². The molecule has 0 N–H and O–H groups in total. The molecule has 2 saturated carbocycles. The van der Waals surface area contributed by atoms with Crippen molar-refractivity contribution in [2.45, 2.75) is 69.9 Å². The number of rotatable bonds is 5. The van der Waals surface area contributed by atoms with Gasteiger partial charge in [-0.1, -0.05) is 140 Å². The number of halogens is 1. The third kappa shape index (κ3) is 7.05. The monoisotopic (exact) mass is 562 g/mol. The van der Waals surface area contributed by atoms with E-state index in [1.54, 1.807) is 0 Å². The Morgan fingerprint density at radius 2 is 1.15 bits per heavy atom. The Bertz CT molecular complexity index is 895. The van der Waals surface area contributed by atoms with Gasteiger partial charge in [-0.05, 0) is 60.5 Å². The normalized spacial score (nSPS) is 20.6. The Morgan fingerprint density at radius 1 is 0.667 bits per heavy atom. The van der Waals surface area contributed by atoms with Crippen LogP contribution in [0.5, 0.6) is 0 Å². The van der Waals surface area contributed by atoms with Crippen LogP contribution in [0.4, 0.5) is 0 Å². The van der Waals surface area contributed by atoms with E-state index in [0.29, 0.717) is 5.92 Å². The van der Waals surface area contributed by atoms with E-state index in [-0.39, 0.29) is 25.0 Å². The number of hydrogen-bond donors (Lipinski definition) is 0. The summed E-state index contributed by atoms with van der Waals surface area (Å²) < 4.78 is 1.26. The zero-order valence-electron chi connectivity index (χ0n) is 19.7. The molecule has 0 aliphatic heterocycles. The van der Waals surface area contributed by atoms with Crippen LogP contribution in [-0.2, 0) is 17.1 Å². The average Bonchev–Trinajstić information content (AvgIpc) is 3.57.